The zero-order chi connectivity index (χ0) is 12.3. The largest absolute Gasteiger partial charge is 0.379 e. The van der Waals surface area contributed by atoms with Gasteiger partial charge in [0, 0.05) is 13.2 Å². The van der Waals surface area contributed by atoms with Crippen LogP contribution in [0, 0.1) is 0 Å². The maximum Gasteiger partial charge on any atom is 0.0718 e. The fourth-order valence-corrected chi connectivity index (χ4v) is 1.59. The number of hydrogen-bond donors (Lipinski definition) is 1. The first-order chi connectivity index (χ1) is 8.36. The van der Waals surface area contributed by atoms with Gasteiger partial charge in [0.1, 0.15) is 0 Å². The maximum absolute atomic E-state index is 5.55. The minimum atomic E-state index is 0.660. The summed E-state index contributed by atoms with van der Waals surface area (Å²) in [5.41, 5.74) is 2.50. The molecule has 0 saturated heterocycles. The molecule has 0 aliphatic carbocycles. The van der Waals surface area contributed by atoms with Crippen molar-refractivity contribution in [2.24, 2.45) is 0 Å². The van der Waals surface area contributed by atoms with Crippen molar-refractivity contribution in [3.8, 4) is 0 Å². The zero-order valence-corrected chi connectivity index (χ0v) is 10.9. The van der Waals surface area contributed by atoms with Crippen LogP contribution in [-0.2, 0) is 22.6 Å². The summed E-state index contributed by atoms with van der Waals surface area (Å²) < 4.78 is 10.9. The Labute approximate surface area is 104 Å². The highest BCUT2D eigenvalue weighted by Gasteiger charge is 1.96. The molecule has 96 valence electrons. The Hall–Kier alpha value is -0.900. The van der Waals surface area contributed by atoms with Crippen molar-refractivity contribution in [3.63, 3.8) is 0 Å². The summed E-state index contributed by atoms with van der Waals surface area (Å²) in [6.07, 6.45) is 1.06. The van der Waals surface area contributed by atoms with Gasteiger partial charge in [-0.05, 0) is 24.6 Å². The Bertz CT molecular complexity index is 302. The third-order valence-electron chi connectivity index (χ3n) is 2.36. The van der Waals surface area contributed by atoms with Gasteiger partial charge in [0.2, 0.25) is 0 Å². The Morgan fingerprint density at radius 3 is 2.59 bits per heavy atom. The average Bonchev–Trinajstić information content (AvgIpc) is 2.35. The highest BCUT2D eigenvalue weighted by atomic mass is 16.5. The molecule has 0 spiro atoms. The lowest BCUT2D eigenvalue weighted by atomic mass is 10.1. The van der Waals surface area contributed by atoms with Gasteiger partial charge >= 0.3 is 0 Å². The van der Waals surface area contributed by atoms with E-state index in [-0.39, 0.29) is 0 Å². The molecule has 17 heavy (non-hydrogen) atoms. The number of benzene rings is 1. The number of ether oxygens (including phenoxy) is 2. The van der Waals surface area contributed by atoms with E-state index < -0.39 is 0 Å². The van der Waals surface area contributed by atoms with Crippen LogP contribution in [0.5, 0.6) is 0 Å². The zero-order valence-electron chi connectivity index (χ0n) is 10.9. The summed E-state index contributed by atoms with van der Waals surface area (Å²) in [7, 11) is 1.95. The summed E-state index contributed by atoms with van der Waals surface area (Å²) in [6, 6.07) is 8.44. The summed E-state index contributed by atoms with van der Waals surface area (Å²) >= 11 is 0. The lowest BCUT2D eigenvalue weighted by Gasteiger charge is -2.07. The molecule has 0 amide bonds. The maximum atomic E-state index is 5.55. The van der Waals surface area contributed by atoms with E-state index in [2.05, 4.69) is 36.5 Å². The molecule has 0 unspecified atom stereocenters. The molecular weight excluding hydrogens is 214 g/mol. The molecule has 1 aromatic rings. The van der Waals surface area contributed by atoms with Gasteiger partial charge in [-0.1, -0.05) is 31.2 Å². The third-order valence-corrected chi connectivity index (χ3v) is 2.36. The quantitative estimate of drug-likeness (QED) is 0.669. The molecule has 3 nitrogen and oxygen atoms in total. The van der Waals surface area contributed by atoms with Crippen LogP contribution in [0.3, 0.4) is 0 Å². The van der Waals surface area contributed by atoms with Gasteiger partial charge in [0.15, 0.2) is 0 Å². The molecule has 0 atom stereocenters. The molecule has 0 saturated carbocycles. The van der Waals surface area contributed by atoms with E-state index >= 15 is 0 Å². The van der Waals surface area contributed by atoms with Crippen LogP contribution >= 0.6 is 0 Å². The summed E-state index contributed by atoms with van der Waals surface area (Å²) in [6.45, 7) is 5.83. The summed E-state index contributed by atoms with van der Waals surface area (Å²) in [5.74, 6) is 0. The number of hydrogen-bond acceptors (Lipinski definition) is 3. The lowest BCUT2D eigenvalue weighted by Crippen LogP contribution is -2.07. The Balaban J connectivity index is 2.19. The second-order valence-electron chi connectivity index (χ2n) is 4.02. The summed E-state index contributed by atoms with van der Waals surface area (Å²) in [5, 5.41) is 3.14. The molecular formula is C14H23NO2. The molecule has 0 radical (unpaired) electrons. The Morgan fingerprint density at radius 2 is 1.82 bits per heavy atom. The lowest BCUT2D eigenvalue weighted by molar-refractivity contribution is 0.0408. The minimum Gasteiger partial charge on any atom is -0.379 e. The smallest absolute Gasteiger partial charge is 0.0718 e. The predicted molar refractivity (Wildman–Crippen MR) is 70.0 cm³/mol. The summed E-state index contributed by atoms with van der Waals surface area (Å²) in [4.78, 5) is 0. The van der Waals surface area contributed by atoms with Crippen molar-refractivity contribution in [1.82, 2.24) is 5.32 Å². The molecule has 1 aromatic carbocycles. The van der Waals surface area contributed by atoms with Crippen molar-refractivity contribution in [3.05, 3.63) is 35.4 Å². The van der Waals surface area contributed by atoms with E-state index in [1.54, 1.807) is 0 Å². The first-order valence-electron chi connectivity index (χ1n) is 6.24. The van der Waals surface area contributed by atoms with Gasteiger partial charge in [0.25, 0.3) is 0 Å². The van der Waals surface area contributed by atoms with E-state index in [4.69, 9.17) is 9.47 Å². The topological polar surface area (TPSA) is 30.5 Å². The van der Waals surface area contributed by atoms with Crippen molar-refractivity contribution in [2.45, 2.75) is 26.5 Å². The highest BCUT2D eigenvalue weighted by molar-refractivity contribution is 5.22. The molecule has 0 heterocycles. The van der Waals surface area contributed by atoms with Crippen molar-refractivity contribution in [1.29, 1.82) is 0 Å². The predicted octanol–water partition coefficient (Wildman–Crippen LogP) is 2.35. The second-order valence-corrected chi connectivity index (χ2v) is 4.02. The van der Waals surface area contributed by atoms with Crippen molar-refractivity contribution >= 4 is 0 Å². The van der Waals surface area contributed by atoms with Crippen LogP contribution < -0.4 is 5.32 Å². The fourth-order valence-electron chi connectivity index (χ4n) is 1.59. The monoisotopic (exact) mass is 237 g/mol. The van der Waals surface area contributed by atoms with E-state index in [0.29, 0.717) is 19.8 Å². The van der Waals surface area contributed by atoms with Crippen molar-refractivity contribution < 1.29 is 9.47 Å². The first kappa shape index (κ1) is 14.2. The Kier molecular flexibility index (Phi) is 7.63. The van der Waals surface area contributed by atoms with Crippen LogP contribution in [0.15, 0.2) is 24.3 Å². The van der Waals surface area contributed by atoms with E-state index in [1.807, 2.05) is 7.05 Å². The molecule has 0 aliphatic heterocycles. The normalized spacial score (nSPS) is 10.7. The Morgan fingerprint density at radius 1 is 1.06 bits per heavy atom. The van der Waals surface area contributed by atoms with Crippen LogP contribution in [0.2, 0.25) is 0 Å². The van der Waals surface area contributed by atoms with Gasteiger partial charge in [-0.25, -0.2) is 0 Å². The van der Waals surface area contributed by atoms with Crippen molar-refractivity contribution in [2.75, 3.05) is 26.9 Å². The SMILES string of the molecule is CCCOCCOCc1cccc(CNC)c1. The molecule has 0 aliphatic rings. The van der Waals surface area contributed by atoms with Gasteiger partial charge in [-0.3, -0.25) is 0 Å². The van der Waals surface area contributed by atoms with Gasteiger partial charge < -0.3 is 14.8 Å². The van der Waals surface area contributed by atoms with E-state index in [0.717, 1.165) is 19.6 Å². The molecule has 0 fully saturated rings. The minimum absolute atomic E-state index is 0.660. The number of nitrogens with one attached hydrogen (secondary N) is 1. The van der Waals surface area contributed by atoms with Crippen LogP contribution in [0.25, 0.3) is 0 Å². The van der Waals surface area contributed by atoms with Gasteiger partial charge in [-0.2, -0.15) is 0 Å². The van der Waals surface area contributed by atoms with Crippen LogP contribution in [0.4, 0.5) is 0 Å². The van der Waals surface area contributed by atoms with Crippen LogP contribution in [0.1, 0.15) is 24.5 Å². The van der Waals surface area contributed by atoms with E-state index in [9.17, 15) is 0 Å². The van der Waals surface area contributed by atoms with Gasteiger partial charge in [0.05, 0.1) is 19.8 Å². The number of rotatable bonds is 9. The molecule has 1 rings (SSSR count). The molecule has 3 heteroatoms. The highest BCUT2D eigenvalue weighted by Crippen LogP contribution is 2.06. The van der Waals surface area contributed by atoms with Crippen LogP contribution in [-0.4, -0.2) is 26.9 Å². The molecule has 1 N–H and O–H groups in total. The molecule has 0 bridgehead atoms. The molecule has 0 aromatic heterocycles. The van der Waals surface area contributed by atoms with E-state index in [1.165, 1.54) is 11.1 Å². The second kappa shape index (κ2) is 9.16. The first-order valence-corrected chi connectivity index (χ1v) is 6.24. The fraction of sp³-hybridized carbons (Fsp3) is 0.571. The third kappa shape index (κ3) is 6.41. The van der Waals surface area contributed by atoms with Gasteiger partial charge in [-0.15, -0.1) is 0 Å². The average molecular weight is 237 g/mol. The standard InChI is InChI=1S/C14H23NO2/c1-3-7-16-8-9-17-12-14-6-4-5-13(10-14)11-15-2/h4-6,10,15H,3,7-9,11-12H2,1-2H3.